The lowest BCUT2D eigenvalue weighted by Crippen LogP contribution is -2.29. The fourth-order valence-corrected chi connectivity index (χ4v) is 1.87. The first-order valence-electron chi connectivity index (χ1n) is 6.66. The maximum Gasteiger partial charge on any atom is 0.0950 e. The van der Waals surface area contributed by atoms with Crippen LogP contribution in [0, 0.1) is 5.92 Å². The topological polar surface area (TPSA) is 51.2 Å². The number of rotatable bonds is 8. The van der Waals surface area contributed by atoms with Gasteiger partial charge >= 0.3 is 0 Å². The van der Waals surface area contributed by atoms with E-state index in [0.717, 1.165) is 25.8 Å². The van der Waals surface area contributed by atoms with Crippen LogP contribution in [-0.4, -0.2) is 12.6 Å². The molecule has 17 heavy (non-hydrogen) atoms. The summed E-state index contributed by atoms with van der Waals surface area (Å²) in [6.07, 6.45) is 6.82. The zero-order valence-corrected chi connectivity index (χ0v) is 11.3. The Bertz CT molecular complexity index is 282. The lowest BCUT2D eigenvalue weighted by Gasteiger charge is -2.21. The summed E-state index contributed by atoms with van der Waals surface area (Å²) in [7, 11) is 0. The monoisotopic (exact) mass is 238 g/mol. The largest absolute Gasteiger partial charge is 0.472 e. The molecule has 0 fully saturated rings. The molecule has 3 nitrogen and oxygen atoms in total. The fourth-order valence-electron chi connectivity index (χ4n) is 1.87. The van der Waals surface area contributed by atoms with Crippen LogP contribution in [-0.2, 0) is 0 Å². The molecule has 3 N–H and O–H groups in total. The third kappa shape index (κ3) is 4.92. The van der Waals surface area contributed by atoms with Gasteiger partial charge in [-0.05, 0) is 37.8 Å². The van der Waals surface area contributed by atoms with Crippen molar-refractivity contribution < 1.29 is 4.42 Å². The van der Waals surface area contributed by atoms with E-state index in [1.54, 1.807) is 6.26 Å². The van der Waals surface area contributed by atoms with Crippen LogP contribution in [0.15, 0.2) is 23.0 Å². The van der Waals surface area contributed by atoms with Crippen molar-refractivity contribution in [3.8, 4) is 0 Å². The maximum absolute atomic E-state index is 6.10. The molecule has 0 bridgehead atoms. The standard InChI is InChI=1S/C14H26N2O/c1-4-8-16-14(12-7-9-17-10-12)6-5-13(15)11(2)3/h7,9-11,13-14,16H,4-6,8,15H2,1-3H3. The van der Waals surface area contributed by atoms with Crippen molar-refractivity contribution in [2.24, 2.45) is 11.7 Å². The zero-order chi connectivity index (χ0) is 12.7. The van der Waals surface area contributed by atoms with Crippen molar-refractivity contribution >= 4 is 0 Å². The van der Waals surface area contributed by atoms with E-state index in [1.807, 2.05) is 12.3 Å². The molecular weight excluding hydrogens is 212 g/mol. The first-order valence-corrected chi connectivity index (χ1v) is 6.66. The summed E-state index contributed by atoms with van der Waals surface area (Å²) in [6, 6.07) is 2.69. The SMILES string of the molecule is CCCNC(CCC(N)C(C)C)c1ccoc1. The molecule has 1 aromatic rings. The Morgan fingerprint density at radius 2 is 2.12 bits per heavy atom. The molecule has 0 amide bonds. The quantitative estimate of drug-likeness (QED) is 0.731. The Morgan fingerprint density at radius 3 is 2.65 bits per heavy atom. The highest BCUT2D eigenvalue weighted by Gasteiger charge is 2.15. The van der Waals surface area contributed by atoms with E-state index in [4.69, 9.17) is 10.2 Å². The van der Waals surface area contributed by atoms with Gasteiger partial charge in [0.15, 0.2) is 0 Å². The molecule has 0 aliphatic carbocycles. The van der Waals surface area contributed by atoms with Crippen molar-refractivity contribution in [1.29, 1.82) is 0 Å². The van der Waals surface area contributed by atoms with Crippen molar-refractivity contribution in [2.75, 3.05) is 6.54 Å². The smallest absolute Gasteiger partial charge is 0.0950 e. The molecule has 2 unspecified atom stereocenters. The van der Waals surface area contributed by atoms with Gasteiger partial charge in [-0.3, -0.25) is 0 Å². The summed E-state index contributed by atoms with van der Waals surface area (Å²) < 4.78 is 5.16. The van der Waals surface area contributed by atoms with Crippen LogP contribution in [0.1, 0.15) is 51.6 Å². The van der Waals surface area contributed by atoms with Gasteiger partial charge in [-0.25, -0.2) is 0 Å². The van der Waals surface area contributed by atoms with Crippen LogP contribution >= 0.6 is 0 Å². The van der Waals surface area contributed by atoms with Gasteiger partial charge in [0.2, 0.25) is 0 Å². The van der Waals surface area contributed by atoms with Crippen molar-refractivity contribution in [2.45, 2.75) is 52.1 Å². The average molecular weight is 238 g/mol. The van der Waals surface area contributed by atoms with E-state index in [2.05, 4.69) is 26.1 Å². The van der Waals surface area contributed by atoms with E-state index < -0.39 is 0 Å². The van der Waals surface area contributed by atoms with E-state index in [0.29, 0.717) is 12.0 Å². The number of nitrogens with two attached hydrogens (primary N) is 1. The maximum atomic E-state index is 6.10. The summed E-state index contributed by atoms with van der Waals surface area (Å²) >= 11 is 0. The highest BCUT2D eigenvalue weighted by Crippen LogP contribution is 2.21. The third-order valence-electron chi connectivity index (χ3n) is 3.23. The van der Waals surface area contributed by atoms with Gasteiger partial charge in [0.25, 0.3) is 0 Å². The van der Waals surface area contributed by atoms with Crippen LogP contribution < -0.4 is 11.1 Å². The van der Waals surface area contributed by atoms with Gasteiger partial charge < -0.3 is 15.5 Å². The van der Waals surface area contributed by atoms with E-state index in [1.165, 1.54) is 5.56 Å². The normalized spacial score (nSPS) is 15.1. The fraction of sp³-hybridized carbons (Fsp3) is 0.714. The molecule has 1 aromatic heterocycles. The minimum absolute atomic E-state index is 0.285. The summed E-state index contributed by atoms with van der Waals surface area (Å²) in [4.78, 5) is 0. The highest BCUT2D eigenvalue weighted by atomic mass is 16.3. The Balaban J connectivity index is 2.47. The molecule has 0 aromatic carbocycles. The number of nitrogens with one attached hydrogen (secondary N) is 1. The minimum Gasteiger partial charge on any atom is -0.472 e. The highest BCUT2D eigenvalue weighted by molar-refractivity contribution is 5.11. The Hall–Kier alpha value is -0.800. The lowest BCUT2D eigenvalue weighted by molar-refractivity contribution is 0.401. The van der Waals surface area contributed by atoms with Crippen LogP contribution in [0.4, 0.5) is 0 Å². The average Bonchev–Trinajstić information content (AvgIpc) is 2.82. The molecule has 0 spiro atoms. The van der Waals surface area contributed by atoms with Gasteiger partial charge in [0.05, 0.1) is 12.5 Å². The van der Waals surface area contributed by atoms with Crippen molar-refractivity contribution in [3.05, 3.63) is 24.2 Å². The van der Waals surface area contributed by atoms with Crippen molar-refractivity contribution in [3.63, 3.8) is 0 Å². The van der Waals surface area contributed by atoms with E-state index in [-0.39, 0.29) is 6.04 Å². The van der Waals surface area contributed by atoms with Gasteiger partial charge in [-0.15, -0.1) is 0 Å². The second-order valence-electron chi connectivity index (χ2n) is 5.05. The molecule has 0 aliphatic rings. The summed E-state index contributed by atoms with van der Waals surface area (Å²) in [6.45, 7) is 7.57. The number of furan rings is 1. The van der Waals surface area contributed by atoms with E-state index >= 15 is 0 Å². The van der Waals surface area contributed by atoms with Crippen LogP contribution in [0.25, 0.3) is 0 Å². The van der Waals surface area contributed by atoms with Crippen LogP contribution in [0.3, 0.4) is 0 Å². The molecule has 3 heteroatoms. The lowest BCUT2D eigenvalue weighted by atomic mass is 9.95. The van der Waals surface area contributed by atoms with Gasteiger partial charge in [-0.1, -0.05) is 20.8 Å². The molecule has 1 heterocycles. The zero-order valence-electron chi connectivity index (χ0n) is 11.3. The van der Waals surface area contributed by atoms with Crippen LogP contribution in [0.2, 0.25) is 0 Å². The number of hydrogen-bond donors (Lipinski definition) is 2. The molecule has 1 rings (SSSR count). The predicted molar refractivity (Wildman–Crippen MR) is 71.8 cm³/mol. The Labute approximate surface area is 105 Å². The second kappa shape index (κ2) is 7.51. The van der Waals surface area contributed by atoms with Crippen molar-refractivity contribution in [1.82, 2.24) is 5.32 Å². The molecule has 2 atom stereocenters. The first-order chi connectivity index (χ1) is 8.15. The van der Waals surface area contributed by atoms with E-state index in [9.17, 15) is 0 Å². The van der Waals surface area contributed by atoms with Gasteiger partial charge in [-0.2, -0.15) is 0 Å². The number of hydrogen-bond acceptors (Lipinski definition) is 3. The molecular formula is C14H26N2O. The Morgan fingerprint density at radius 1 is 1.35 bits per heavy atom. The summed E-state index contributed by atoms with van der Waals surface area (Å²) in [5.74, 6) is 0.547. The van der Waals surface area contributed by atoms with Crippen LogP contribution in [0.5, 0.6) is 0 Å². The minimum atomic E-state index is 0.285. The summed E-state index contributed by atoms with van der Waals surface area (Å²) in [5.41, 5.74) is 7.33. The molecule has 0 saturated carbocycles. The predicted octanol–water partition coefficient (Wildman–Crippen LogP) is 3.08. The van der Waals surface area contributed by atoms with Gasteiger partial charge in [0, 0.05) is 17.6 Å². The second-order valence-corrected chi connectivity index (χ2v) is 5.05. The molecule has 0 aliphatic heterocycles. The Kier molecular flexibility index (Phi) is 6.30. The third-order valence-corrected chi connectivity index (χ3v) is 3.23. The first kappa shape index (κ1) is 14.3. The molecule has 0 saturated heterocycles. The summed E-state index contributed by atoms with van der Waals surface area (Å²) in [5, 5.41) is 3.55. The molecule has 0 radical (unpaired) electrons. The van der Waals surface area contributed by atoms with Gasteiger partial charge in [0.1, 0.15) is 0 Å². The molecule has 98 valence electrons.